The number of rotatable bonds is 3. The summed E-state index contributed by atoms with van der Waals surface area (Å²) >= 11 is 1.52. The predicted octanol–water partition coefficient (Wildman–Crippen LogP) is 1.96. The Morgan fingerprint density at radius 1 is 1.41 bits per heavy atom. The van der Waals surface area contributed by atoms with Gasteiger partial charge in [0.25, 0.3) is 0 Å². The number of anilines is 1. The SMILES string of the molecule is Cc1sc2ncnc(N3CC(CS(=O)(=O)F)CC3=O)c2c1C. The van der Waals surface area contributed by atoms with Crippen molar-refractivity contribution in [1.82, 2.24) is 9.97 Å². The molecule has 0 aromatic carbocycles. The molecule has 0 bridgehead atoms. The molecule has 0 saturated carbocycles. The van der Waals surface area contributed by atoms with Crippen molar-refractivity contribution >= 4 is 43.5 Å². The number of carbonyl (C=O) groups excluding carboxylic acids is 1. The van der Waals surface area contributed by atoms with Crippen LogP contribution in [0.5, 0.6) is 0 Å². The minimum absolute atomic E-state index is 0.0107. The van der Waals surface area contributed by atoms with Gasteiger partial charge < -0.3 is 0 Å². The van der Waals surface area contributed by atoms with Crippen molar-refractivity contribution in [2.75, 3.05) is 17.2 Å². The summed E-state index contributed by atoms with van der Waals surface area (Å²) in [7, 11) is -4.59. The smallest absolute Gasteiger partial charge is 0.296 e. The van der Waals surface area contributed by atoms with E-state index in [4.69, 9.17) is 0 Å². The van der Waals surface area contributed by atoms with Gasteiger partial charge in [-0.3, -0.25) is 9.69 Å². The van der Waals surface area contributed by atoms with E-state index in [0.717, 1.165) is 20.7 Å². The zero-order chi connectivity index (χ0) is 16.1. The minimum Gasteiger partial charge on any atom is -0.296 e. The van der Waals surface area contributed by atoms with Crippen LogP contribution in [-0.2, 0) is 15.0 Å². The van der Waals surface area contributed by atoms with E-state index in [0.29, 0.717) is 5.82 Å². The fourth-order valence-electron chi connectivity index (χ4n) is 2.75. The molecule has 0 radical (unpaired) electrons. The molecular weight excluding hydrogens is 329 g/mol. The first-order valence-electron chi connectivity index (χ1n) is 6.69. The first kappa shape index (κ1) is 15.3. The van der Waals surface area contributed by atoms with Crippen LogP contribution in [0.25, 0.3) is 10.2 Å². The van der Waals surface area contributed by atoms with Gasteiger partial charge in [-0.25, -0.2) is 9.97 Å². The molecule has 3 heterocycles. The third-order valence-corrected chi connectivity index (χ3v) is 5.83. The Bertz CT molecular complexity index is 863. The highest BCUT2D eigenvalue weighted by atomic mass is 32.3. The lowest BCUT2D eigenvalue weighted by atomic mass is 10.1. The normalized spacial score (nSPS) is 19.3. The lowest BCUT2D eigenvalue weighted by molar-refractivity contribution is -0.117. The van der Waals surface area contributed by atoms with Crippen LogP contribution in [0.3, 0.4) is 0 Å². The molecular formula is C13H14FN3O3S2. The molecule has 1 unspecified atom stereocenters. The summed E-state index contributed by atoms with van der Waals surface area (Å²) in [5, 5.41) is 0.808. The number of amides is 1. The second-order valence-corrected chi connectivity index (χ2v) is 8.05. The molecule has 1 aliphatic rings. The standard InChI is InChI=1S/C13H14FN3O3S2/c1-7-8(2)21-13-11(7)12(15-6-16-13)17-4-9(3-10(17)18)5-22(14,19)20/h6,9H,3-5H2,1-2H3. The third-order valence-electron chi connectivity index (χ3n) is 3.84. The Labute approximate surface area is 131 Å². The highest BCUT2D eigenvalue weighted by molar-refractivity contribution is 7.86. The number of thiophene rings is 1. The van der Waals surface area contributed by atoms with Crippen molar-refractivity contribution in [3.8, 4) is 0 Å². The second kappa shape index (κ2) is 5.24. The van der Waals surface area contributed by atoms with Gasteiger partial charge in [0.2, 0.25) is 5.91 Å². The van der Waals surface area contributed by atoms with Crippen LogP contribution in [0.1, 0.15) is 16.9 Å². The van der Waals surface area contributed by atoms with Gasteiger partial charge in [0, 0.05) is 23.8 Å². The number of hydrogen-bond donors (Lipinski definition) is 0. The Kier molecular flexibility index (Phi) is 3.64. The van der Waals surface area contributed by atoms with Gasteiger partial charge in [0.1, 0.15) is 17.0 Å². The van der Waals surface area contributed by atoms with E-state index in [1.165, 1.54) is 22.6 Å². The van der Waals surface area contributed by atoms with Crippen molar-refractivity contribution in [1.29, 1.82) is 0 Å². The van der Waals surface area contributed by atoms with E-state index in [1.54, 1.807) is 0 Å². The Hall–Kier alpha value is -1.61. The summed E-state index contributed by atoms with van der Waals surface area (Å²) in [6, 6.07) is 0. The highest BCUT2D eigenvalue weighted by Gasteiger charge is 2.35. The first-order chi connectivity index (χ1) is 10.3. The maximum Gasteiger partial charge on any atom is 0.302 e. The van der Waals surface area contributed by atoms with E-state index in [-0.39, 0.29) is 18.9 Å². The number of halogens is 1. The van der Waals surface area contributed by atoms with Crippen LogP contribution < -0.4 is 4.90 Å². The lowest BCUT2D eigenvalue weighted by Gasteiger charge is -2.16. The van der Waals surface area contributed by atoms with Gasteiger partial charge in [0.05, 0.1) is 11.1 Å². The van der Waals surface area contributed by atoms with E-state index >= 15 is 0 Å². The van der Waals surface area contributed by atoms with Crippen molar-refractivity contribution in [2.45, 2.75) is 20.3 Å². The molecule has 9 heteroatoms. The average molecular weight is 343 g/mol. The molecule has 2 aromatic heterocycles. The van der Waals surface area contributed by atoms with Crippen LogP contribution in [0, 0.1) is 19.8 Å². The fourth-order valence-corrected chi connectivity index (χ4v) is 4.53. The van der Waals surface area contributed by atoms with Gasteiger partial charge in [-0.1, -0.05) is 0 Å². The highest BCUT2D eigenvalue weighted by Crippen LogP contribution is 2.36. The number of hydrogen-bond acceptors (Lipinski definition) is 6. The molecule has 1 saturated heterocycles. The van der Waals surface area contributed by atoms with Crippen molar-refractivity contribution in [3.05, 3.63) is 16.8 Å². The molecule has 1 amide bonds. The molecule has 3 rings (SSSR count). The summed E-state index contributed by atoms with van der Waals surface area (Å²) in [4.78, 5) is 23.9. The van der Waals surface area contributed by atoms with Gasteiger partial charge in [0.15, 0.2) is 0 Å². The molecule has 0 spiro atoms. The van der Waals surface area contributed by atoms with Gasteiger partial charge in [-0.05, 0) is 19.4 Å². The maximum absolute atomic E-state index is 12.8. The van der Waals surface area contributed by atoms with Crippen LogP contribution in [0.2, 0.25) is 0 Å². The maximum atomic E-state index is 12.8. The van der Waals surface area contributed by atoms with Gasteiger partial charge in [-0.2, -0.15) is 8.42 Å². The van der Waals surface area contributed by atoms with E-state index in [9.17, 15) is 17.1 Å². The van der Waals surface area contributed by atoms with Crippen molar-refractivity contribution in [2.24, 2.45) is 5.92 Å². The number of aromatic nitrogens is 2. The molecule has 0 aliphatic carbocycles. The summed E-state index contributed by atoms with van der Waals surface area (Å²) < 4.78 is 34.4. The van der Waals surface area contributed by atoms with Crippen LogP contribution >= 0.6 is 11.3 Å². The molecule has 1 aliphatic heterocycles. The van der Waals surface area contributed by atoms with Crippen LogP contribution in [-0.4, -0.2) is 36.6 Å². The van der Waals surface area contributed by atoms with Crippen molar-refractivity contribution < 1.29 is 17.1 Å². The zero-order valence-corrected chi connectivity index (χ0v) is 13.7. The first-order valence-corrected chi connectivity index (χ1v) is 9.06. The fraction of sp³-hybridized carbons (Fsp3) is 0.462. The van der Waals surface area contributed by atoms with Crippen molar-refractivity contribution in [3.63, 3.8) is 0 Å². The average Bonchev–Trinajstić information content (AvgIpc) is 2.89. The van der Waals surface area contributed by atoms with Gasteiger partial charge in [-0.15, -0.1) is 15.2 Å². The quantitative estimate of drug-likeness (QED) is 0.796. The number of nitrogens with zero attached hydrogens (tertiary/aromatic N) is 3. The molecule has 0 N–H and O–H groups in total. The number of fused-ring (bicyclic) bond motifs is 1. The Morgan fingerprint density at radius 3 is 2.82 bits per heavy atom. The predicted molar refractivity (Wildman–Crippen MR) is 82.2 cm³/mol. The molecule has 22 heavy (non-hydrogen) atoms. The Morgan fingerprint density at radius 2 is 2.14 bits per heavy atom. The summed E-state index contributed by atoms with van der Waals surface area (Å²) in [5.41, 5.74) is 1.00. The summed E-state index contributed by atoms with van der Waals surface area (Å²) in [5.74, 6) is -0.939. The van der Waals surface area contributed by atoms with E-state index in [1.807, 2.05) is 13.8 Å². The van der Waals surface area contributed by atoms with Crippen LogP contribution in [0.4, 0.5) is 9.70 Å². The monoisotopic (exact) mass is 343 g/mol. The Balaban J connectivity index is 2.00. The van der Waals surface area contributed by atoms with Gasteiger partial charge >= 0.3 is 10.2 Å². The second-order valence-electron chi connectivity index (χ2n) is 5.44. The number of aryl methyl sites for hydroxylation is 2. The number of carbonyl (C=O) groups is 1. The molecule has 2 aromatic rings. The molecule has 118 valence electrons. The topological polar surface area (TPSA) is 80.2 Å². The zero-order valence-electron chi connectivity index (χ0n) is 12.0. The lowest BCUT2D eigenvalue weighted by Crippen LogP contribution is -2.26. The third kappa shape index (κ3) is 2.70. The van der Waals surface area contributed by atoms with E-state index < -0.39 is 21.9 Å². The molecule has 1 atom stereocenters. The summed E-state index contributed by atoms with van der Waals surface area (Å²) in [6.07, 6.45) is 1.40. The molecule has 6 nitrogen and oxygen atoms in total. The molecule has 1 fully saturated rings. The summed E-state index contributed by atoms with van der Waals surface area (Å²) in [6.45, 7) is 4.06. The van der Waals surface area contributed by atoms with E-state index in [2.05, 4.69) is 9.97 Å². The largest absolute Gasteiger partial charge is 0.302 e. The minimum atomic E-state index is -4.59. The van der Waals surface area contributed by atoms with Crippen LogP contribution in [0.15, 0.2) is 6.33 Å².